The molecule has 1 unspecified atom stereocenters. The van der Waals surface area contributed by atoms with E-state index in [1.807, 2.05) is 0 Å². The summed E-state index contributed by atoms with van der Waals surface area (Å²) in [6.07, 6.45) is -0.679. The van der Waals surface area contributed by atoms with Crippen LogP contribution in [0.1, 0.15) is 5.56 Å². The molecule has 0 aliphatic rings. The molecule has 0 heterocycles. The van der Waals surface area contributed by atoms with E-state index in [0.717, 1.165) is 0 Å². The fourth-order valence-electron chi connectivity index (χ4n) is 0.988. The number of hydrogen-bond acceptors (Lipinski definition) is 3. The van der Waals surface area contributed by atoms with Gasteiger partial charge in [0.1, 0.15) is 5.82 Å². The normalized spacial score (nSPS) is 12.8. The van der Waals surface area contributed by atoms with E-state index in [0.29, 0.717) is 5.56 Å². The van der Waals surface area contributed by atoms with Crippen LogP contribution in [0.15, 0.2) is 24.3 Å². The monoisotopic (exact) mass is 199 g/mol. The van der Waals surface area contributed by atoms with Crippen molar-refractivity contribution in [3.63, 3.8) is 0 Å². The Hall–Kier alpha value is -0.970. The predicted octanol–water partition coefficient (Wildman–Crippen LogP) is 0.662. The topological polar surface area (TPSA) is 55.5 Å². The standard InChI is InChI=1S/C10H14FNO2/c11-10-4-2-1-3-8(10)6-14-7-9(13)5-12/h1-4,9,13H,5-7,12H2. The van der Waals surface area contributed by atoms with Crippen molar-refractivity contribution >= 4 is 0 Å². The van der Waals surface area contributed by atoms with Gasteiger partial charge in [0.25, 0.3) is 0 Å². The zero-order valence-electron chi connectivity index (χ0n) is 7.82. The van der Waals surface area contributed by atoms with E-state index in [9.17, 15) is 4.39 Å². The van der Waals surface area contributed by atoms with Gasteiger partial charge in [0.2, 0.25) is 0 Å². The molecule has 0 fully saturated rings. The molecule has 78 valence electrons. The van der Waals surface area contributed by atoms with E-state index >= 15 is 0 Å². The van der Waals surface area contributed by atoms with Crippen LogP contribution in [0.5, 0.6) is 0 Å². The minimum absolute atomic E-state index is 0.130. The minimum Gasteiger partial charge on any atom is -0.389 e. The van der Waals surface area contributed by atoms with Gasteiger partial charge >= 0.3 is 0 Å². The highest BCUT2D eigenvalue weighted by Crippen LogP contribution is 2.07. The Morgan fingerprint density at radius 3 is 2.79 bits per heavy atom. The molecule has 0 aliphatic heterocycles. The van der Waals surface area contributed by atoms with Gasteiger partial charge in [0.05, 0.1) is 19.3 Å². The van der Waals surface area contributed by atoms with Crippen molar-refractivity contribution in [3.05, 3.63) is 35.6 Å². The first-order chi connectivity index (χ1) is 6.74. The number of aliphatic hydroxyl groups is 1. The minimum atomic E-state index is -0.679. The number of hydrogen-bond donors (Lipinski definition) is 2. The Bertz CT molecular complexity index is 281. The van der Waals surface area contributed by atoms with Gasteiger partial charge in [-0.05, 0) is 6.07 Å². The van der Waals surface area contributed by atoms with E-state index in [4.69, 9.17) is 15.6 Å². The molecule has 0 bridgehead atoms. The zero-order valence-corrected chi connectivity index (χ0v) is 7.82. The molecule has 1 atom stereocenters. The number of nitrogens with two attached hydrogens (primary N) is 1. The van der Waals surface area contributed by atoms with Crippen molar-refractivity contribution in [1.82, 2.24) is 0 Å². The molecule has 3 nitrogen and oxygen atoms in total. The first-order valence-corrected chi connectivity index (χ1v) is 4.43. The molecule has 1 aromatic rings. The first-order valence-electron chi connectivity index (χ1n) is 4.43. The fraction of sp³-hybridized carbons (Fsp3) is 0.400. The molecular formula is C10H14FNO2. The Balaban J connectivity index is 2.35. The Morgan fingerprint density at radius 2 is 2.14 bits per heavy atom. The van der Waals surface area contributed by atoms with E-state index in [2.05, 4.69) is 0 Å². The molecule has 0 saturated carbocycles. The summed E-state index contributed by atoms with van der Waals surface area (Å²) in [5, 5.41) is 9.06. The van der Waals surface area contributed by atoms with Gasteiger partial charge in [0, 0.05) is 12.1 Å². The average Bonchev–Trinajstić information content (AvgIpc) is 2.20. The van der Waals surface area contributed by atoms with Crippen LogP contribution in [0.25, 0.3) is 0 Å². The lowest BCUT2D eigenvalue weighted by atomic mass is 10.2. The maximum absolute atomic E-state index is 13.0. The Kier molecular flexibility index (Phi) is 4.52. The fourth-order valence-corrected chi connectivity index (χ4v) is 0.988. The third-order valence-electron chi connectivity index (χ3n) is 1.80. The summed E-state index contributed by atoms with van der Waals surface area (Å²) < 4.78 is 18.1. The zero-order chi connectivity index (χ0) is 10.4. The van der Waals surface area contributed by atoms with Crippen LogP contribution in [0.3, 0.4) is 0 Å². The van der Waals surface area contributed by atoms with Crippen LogP contribution >= 0.6 is 0 Å². The van der Waals surface area contributed by atoms with Gasteiger partial charge in [0.15, 0.2) is 0 Å². The summed E-state index contributed by atoms with van der Waals surface area (Å²) in [7, 11) is 0. The third kappa shape index (κ3) is 3.41. The molecule has 0 amide bonds. The summed E-state index contributed by atoms with van der Waals surface area (Å²) in [4.78, 5) is 0. The van der Waals surface area contributed by atoms with E-state index in [1.54, 1.807) is 18.2 Å². The van der Waals surface area contributed by atoms with Crippen LogP contribution in [-0.4, -0.2) is 24.4 Å². The second kappa shape index (κ2) is 5.70. The van der Waals surface area contributed by atoms with Crippen LogP contribution in [0, 0.1) is 5.82 Å². The lowest BCUT2D eigenvalue weighted by Crippen LogP contribution is -2.25. The highest BCUT2D eigenvalue weighted by molar-refractivity contribution is 5.16. The molecular weight excluding hydrogens is 185 g/mol. The van der Waals surface area contributed by atoms with Gasteiger partial charge in [-0.3, -0.25) is 0 Å². The third-order valence-corrected chi connectivity index (χ3v) is 1.80. The van der Waals surface area contributed by atoms with Crippen LogP contribution in [0.2, 0.25) is 0 Å². The second-order valence-corrected chi connectivity index (χ2v) is 3.00. The largest absolute Gasteiger partial charge is 0.389 e. The molecule has 0 radical (unpaired) electrons. The van der Waals surface area contributed by atoms with E-state index in [1.165, 1.54) is 6.07 Å². The predicted molar refractivity (Wildman–Crippen MR) is 51.1 cm³/mol. The summed E-state index contributed by atoms with van der Waals surface area (Å²) in [5.41, 5.74) is 5.66. The van der Waals surface area contributed by atoms with Crippen molar-refractivity contribution in [1.29, 1.82) is 0 Å². The quantitative estimate of drug-likeness (QED) is 0.732. The highest BCUT2D eigenvalue weighted by atomic mass is 19.1. The summed E-state index contributed by atoms with van der Waals surface area (Å²) in [6.45, 7) is 0.436. The molecule has 1 rings (SSSR count). The van der Waals surface area contributed by atoms with Crippen molar-refractivity contribution in [2.45, 2.75) is 12.7 Å². The molecule has 0 spiro atoms. The molecule has 4 heteroatoms. The number of rotatable bonds is 5. The van der Waals surface area contributed by atoms with Crippen LogP contribution < -0.4 is 5.73 Å². The summed E-state index contributed by atoms with van der Waals surface area (Å²) in [6, 6.07) is 6.37. The van der Waals surface area contributed by atoms with Gasteiger partial charge in [-0.25, -0.2) is 4.39 Å². The lowest BCUT2D eigenvalue weighted by Gasteiger charge is -2.08. The Labute approximate surface area is 82.3 Å². The molecule has 14 heavy (non-hydrogen) atoms. The van der Waals surface area contributed by atoms with Gasteiger partial charge < -0.3 is 15.6 Å². The molecule has 0 aliphatic carbocycles. The van der Waals surface area contributed by atoms with Crippen molar-refractivity contribution in [2.75, 3.05) is 13.2 Å². The number of aliphatic hydroxyl groups excluding tert-OH is 1. The lowest BCUT2D eigenvalue weighted by molar-refractivity contribution is 0.0319. The Morgan fingerprint density at radius 1 is 1.43 bits per heavy atom. The van der Waals surface area contributed by atoms with Gasteiger partial charge in [-0.1, -0.05) is 18.2 Å². The summed E-state index contributed by atoms with van der Waals surface area (Å²) >= 11 is 0. The van der Waals surface area contributed by atoms with Crippen molar-refractivity contribution < 1.29 is 14.2 Å². The first kappa shape index (κ1) is 11.1. The van der Waals surface area contributed by atoms with Crippen LogP contribution in [0.4, 0.5) is 4.39 Å². The smallest absolute Gasteiger partial charge is 0.128 e. The highest BCUT2D eigenvalue weighted by Gasteiger charge is 2.03. The maximum Gasteiger partial charge on any atom is 0.128 e. The molecule has 0 aromatic heterocycles. The summed E-state index contributed by atoms with van der Waals surface area (Å²) in [5.74, 6) is -0.297. The average molecular weight is 199 g/mol. The molecule has 0 saturated heterocycles. The molecule has 1 aromatic carbocycles. The SMILES string of the molecule is NCC(O)COCc1ccccc1F. The van der Waals surface area contributed by atoms with Crippen molar-refractivity contribution in [2.24, 2.45) is 5.73 Å². The number of halogens is 1. The van der Waals surface area contributed by atoms with Gasteiger partial charge in [-0.2, -0.15) is 0 Å². The van der Waals surface area contributed by atoms with Gasteiger partial charge in [-0.15, -0.1) is 0 Å². The van der Waals surface area contributed by atoms with E-state index in [-0.39, 0.29) is 25.6 Å². The maximum atomic E-state index is 13.0. The number of ether oxygens (including phenoxy) is 1. The molecule has 3 N–H and O–H groups in total. The van der Waals surface area contributed by atoms with Crippen molar-refractivity contribution in [3.8, 4) is 0 Å². The number of benzene rings is 1. The van der Waals surface area contributed by atoms with E-state index < -0.39 is 6.10 Å². The van der Waals surface area contributed by atoms with Crippen LogP contribution in [-0.2, 0) is 11.3 Å². The second-order valence-electron chi connectivity index (χ2n) is 3.00.